The summed E-state index contributed by atoms with van der Waals surface area (Å²) in [7, 11) is 0. The lowest BCUT2D eigenvalue weighted by Gasteiger charge is -2.17. The van der Waals surface area contributed by atoms with Gasteiger partial charge in [-0.3, -0.25) is 4.98 Å². The molecular formula is C13H11Cl2FN2. The Morgan fingerprint density at radius 1 is 1.22 bits per heavy atom. The number of para-hydroxylation sites is 1. The zero-order valence-electron chi connectivity index (χ0n) is 9.62. The summed E-state index contributed by atoms with van der Waals surface area (Å²) in [6, 6.07) is 6.53. The van der Waals surface area contributed by atoms with Crippen molar-refractivity contribution in [2.45, 2.75) is 13.0 Å². The van der Waals surface area contributed by atoms with E-state index < -0.39 is 0 Å². The van der Waals surface area contributed by atoms with Crippen LogP contribution < -0.4 is 5.32 Å². The van der Waals surface area contributed by atoms with Crippen LogP contribution in [-0.2, 0) is 0 Å². The fourth-order valence-electron chi connectivity index (χ4n) is 1.60. The molecule has 0 aliphatic heterocycles. The van der Waals surface area contributed by atoms with E-state index in [0.717, 1.165) is 5.56 Å². The summed E-state index contributed by atoms with van der Waals surface area (Å²) in [5.41, 5.74) is 1.36. The van der Waals surface area contributed by atoms with Crippen LogP contribution in [0.3, 0.4) is 0 Å². The minimum atomic E-state index is -0.369. The predicted octanol–water partition coefficient (Wildman–Crippen LogP) is 4.70. The Labute approximate surface area is 115 Å². The molecule has 0 aliphatic rings. The van der Waals surface area contributed by atoms with Crippen LogP contribution in [0.2, 0.25) is 10.0 Å². The first kappa shape index (κ1) is 13.1. The number of hydrogen-bond acceptors (Lipinski definition) is 2. The van der Waals surface area contributed by atoms with Crippen LogP contribution in [-0.4, -0.2) is 4.98 Å². The lowest BCUT2D eigenvalue weighted by atomic mass is 10.1. The number of pyridine rings is 1. The van der Waals surface area contributed by atoms with Crippen molar-refractivity contribution in [1.82, 2.24) is 4.98 Å². The first-order valence-electron chi connectivity index (χ1n) is 5.39. The molecule has 0 saturated heterocycles. The largest absolute Gasteiger partial charge is 0.376 e. The molecule has 0 saturated carbocycles. The molecule has 18 heavy (non-hydrogen) atoms. The van der Waals surface area contributed by atoms with E-state index in [4.69, 9.17) is 23.2 Å². The van der Waals surface area contributed by atoms with E-state index in [1.165, 1.54) is 12.3 Å². The van der Waals surface area contributed by atoms with Gasteiger partial charge in [0.15, 0.2) is 0 Å². The predicted molar refractivity (Wildman–Crippen MR) is 72.7 cm³/mol. The average Bonchev–Trinajstić information content (AvgIpc) is 2.34. The van der Waals surface area contributed by atoms with Gasteiger partial charge in [0, 0.05) is 6.20 Å². The maximum atomic E-state index is 13.1. The number of anilines is 1. The van der Waals surface area contributed by atoms with Crippen LogP contribution in [0.25, 0.3) is 0 Å². The van der Waals surface area contributed by atoms with Crippen LogP contribution >= 0.6 is 23.2 Å². The summed E-state index contributed by atoms with van der Waals surface area (Å²) >= 11 is 12.1. The Bertz CT molecular complexity index is 540. The molecule has 0 spiro atoms. The molecule has 1 N–H and O–H groups in total. The molecule has 1 heterocycles. The molecule has 0 bridgehead atoms. The number of halogens is 3. The molecule has 94 valence electrons. The van der Waals surface area contributed by atoms with Crippen molar-refractivity contribution in [3.63, 3.8) is 0 Å². The normalized spacial score (nSPS) is 12.2. The molecule has 0 aliphatic carbocycles. The Kier molecular flexibility index (Phi) is 4.04. The van der Waals surface area contributed by atoms with Crippen molar-refractivity contribution in [2.75, 3.05) is 5.32 Å². The molecule has 1 unspecified atom stereocenters. The highest BCUT2D eigenvalue weighted by Crippen LogP contribution is 2.32. The molecule has 0 fully saturated rings. The summed E-state index contributed by atoms with van der Waals surface area (Å²) in [6.45, 7) is 1.89. The van der Waals surface area contributed by atoms with Gasteiger partial charge in [0.1, 0.15) is 5.82 Å². The minimum Gasteiger partial charge on any atom is -0.376 e. The van der Waals surface area contributed by atoms with E-state index in [9.17, 15) is 4.39 Å². The van der Waals surface area contributed by atoms with Gasteiger partial charge in [-0.1, -0.05) is 29.3 Å². The molecule has 2 nitrogen and oxygen atoms in total. The first-order chi connectivity index (χ1) is 8.58. The van der Waals surface area contributed by atoms with Crippen LogP contribution in [0.4, 0.5) is 10.1 Å². The van der Waals surface area contributed by atoms with Crippen molar-refractivity contribution in [2.24, 2.45) is 0 Å². The summed E-state index contributed by atoms with van der Waals surface area (Å²) in [5.74, 6) is -0.369. The number of rotatable bonds is 3. The van der Waals surface area contributed by atoms with Gasteiger partial charge in [-0.2, -0.15) is 0 Å². The average molecular weight is 285 g/mol. The second-order valence-electron chi connectivity index (χ2n) is 3.90. The Morgan fingerprint density at radius 3 is 2.50 bits per heavy atom. The van der Waals surface area contributed by atoms with Crippen molar-refractivity contribution >= 4 is 28.9 Å². The lowest BCUT2D eigenvalue weighted by molar-refractivity contribution is 0.616. The van der Waals surface area contributed by atoms with E-state index in [1.54, 1.807) is 24.4 Å². The van der Waals surface area contributed by atoms with E-state index in [-0.39, 0.29) is 11.9 Å². The summed E-state index contributed by atoms with van der Waals surface area (Å²) in [6.07, 6.45) is 2.77. The van der Waals surface area contributed by atoms with Gasteiger partial charge >= 0.3 is 0 Å². The van der Waals surface area contributed by atoms with Crippen molar-refractivity contribution in [1.29, 1.82) is 0 Å². The minimum absolute atomic E-state index is 0.148. The van der Waals surface area contributed by atoms with E-state index >= 15 is 0 Å². The first-order valence-corrected chi connectivity index (χ1v) is 6.14. The highest BCUT2D eigenvalue weighted by molar-refractivity contribution is 6.39. The van der Waals surface area contributed by atoms with Gasteiger partial charge in [0.2, 0.25) is 0 Å². The molecule has 2 rings (SSSR count). The van der Waals surface area contributed by atoms with Crippen molar-refractivity contribution in [3.05, 3.63) is 58.1 Å². The standard InChI is InChI=1S/C13H11Cl2FN2/c1-8(9-5-10(16)7-17-6-9)18-13-11(14)3-2-4-12(13)15/h2-8,18H,1H3. The van der Waals surface area contributed by atoms with E-state index in [2.05, 4.69) is 10.3 Å². The van der Waals surface area contributed by atoms with Crippen LogP contribution in [0.5, 0.6) is 0 Å². The number of nitrogens with zero attached hydrogens (tertiary/aromatic N) is 1. The van der Waals surface area contributed by atoms with E-state index in [0.29, 0.717) is 15.7 Å². The number of nitrogens with one attached hydrogen (secondary N) is 1. The second-order valence-corrected chi connectivity index (χ2v) is 4.71. The van der Waals surface area contributed by atoms with Crippen molar-refractivity contribution < 1.29 is 4.39 Å². The van der Waals surface area contributed by atoms with Gasteiger partial charge < -0.3 is 5.32 Å². The summed E-state index contributed by atoms with van der Waals surface area (Å²) in [4.78, 5) is 3.81. The monoisotopic (exact) mass is 284 g/mol. The zero-order chi connectivity index (χ0) is 13.1. The Hall–Kier alpha value is -1.32. The topological polar surface area (TPSA) is 24.9 Å². The third-order valence-corrected chi connectivity index (χ3v) is 3.18. The molecule has 0 amide bonds. The molecule has 0 radical (unpaired) electrons. The smallest absolute Gasteiger partial charge is 0.141 e. The summed E-state index contributed by atoms with van der Waals surface area (Å²) < 4.78 is 13.1. The highest BCUT2D eigenvalue weighted by atomic mass is 35.5. The van der Waals surface area contributed by atoms with Crippen LogP contribution in [0, 0.1) is 5.82 Å². The Morgan fingerprint density at radius 2 is 1.89 bits per heavy atom. The fourth-order valence-corrected chi connectivity index (χ4v) is 2.11. The quantitative estimate of drug-likeness (QED) is 0.884. The summed E-state index contributed by atoms with van der Waals surface area (Å²) in [5, 5.41) is 4.20. The molecule has 1 aromatic carbocycles. The molecule has 1 atom stereocenters. The number of benzene rings is 1. The van der Waals surface area contributed by atoms with Crippen LogP contribution in [0.15, 0.2) is 36.7 Å². The van der Waals surface area contributed by atoms with Gasteiger partial charge in [0.25, 0.3) is 0 Å². The molecular weight excluding hydrogens is 274 g/mol. The third kappa shape index (κ3) is 2.92. The molecule has 2 aromatic rings. The molecule has 1 aromatic heterocycles. The highest BCUT2D eigenvalue weighted by Gasteiger charge is 2.11. The van der Waals surface area contributed by atoms with E-state index in [1.807, 2.05) is 6.92 Å². The zero-order valence-corrected chi connectivity index (χ0v) is 11.1. The number of hydrogen-bond donors (Lipinski definition) is 1. The Balaban J connectivity index is 2.24. The molecule has 5 heteroatoms. The number of aromatic nitrogens is 1. The van der Waals surface area contributed by atoms with Gasteiger partial charge in [0.05, 0.1) is 28.0 Å². The fraction of sp³-hybridized carbons (Fsp3) is 0.154. The third-order valence-electron chi connectivity index (χ3n) is 2.55. The second kappa shape index (κ2) is 5.55. The van der Waals surface area contributed by atoms with Gasteiger partial charge in [-0.05, 0) is 30.7 Å². The van der Waals surface area contributed by atoms with Crippen molar-refractivity contribution in [3.8, 4) is 0 Å². The van der Waals surface area contributed by atoms with Gasteiger partial charge in [-0.15, -0.1) is 0 Å². The van der Waals surface area contributed by atoms with Crippen LogP contribution in [0.1, 0.15) is 18.5 Å². The lowest BCUT2D eigenvalue weighted by Crippen LogP contribution is -2.08. The maximum absolute atomic E-state index is 13.1. The van der Waals surface area contributed by atoms with Gasteiger partial charge in [-0.25, -0.2) is 4.39 Å². The SMILES string of the molecule is CC(Nc1c(Cl)cccc1Cl)c1cncc(F)c1. The maximum Gasteiger partial charge on any atom is 0.141 e.